The molecule has 330 valence electrons. The van der Waals surface area contributed by atoms with Crippen molar-refractivity contribution in [1.29, 1.82) is 0 Å². The lowest BCUT2D eigenvalue weighted by atomic mass is 9.69. The molecule has 3 aliphatic heterocycles. The Hall–Kier alpha value is -2.96. The summed E-state index contributed by atoms with van der Waals surface area (Å²) in [5.74, 6) is -0.729. The molecule has 3 heterocycles. The largest absolute Gasteiger partial charge is 0.381 e. The number of hydrogen-bond donors (Lipinski definition) is 4. The number of hydrazine groups is 1. The molecule has 7 rings (SSSR count). The molecule has 0 radical (unpaired) electrons. The first-order chi connectivity index (χ1) is 28.0. The number of amides is 4. The van der Waals surface area contributed by atoms with Gasteiger partial charge in [-0.15, -0.1) is 6.58 Å². The normalized spacial score (nSPS) is 33.4. The molecule has 2 spiro atoms. The van der Waals surface area contributed by atoms with E-state index in [0.717, 1.165) is 89.7 Å². The van der Waals surface area contributed by atoms with Gasteiger partial charge in [-0.1, -0.05) is 86.8 Å². The molecule has 7 atom stereocenters. The molecule has 0 bridgehead atoms. The van der Waals surface area contributed by atoms with Crippen LogP contribution in [-0.2, 0) is 23.9 Å². The van der Waals surface area contributed by atoms with Crippen molar-refractivity contribution in [3.05, 3.63) is 24.9 Å². The van der Waals surface area contributed by atoms with E-state index in [-0.39, 0.29) is 51.8 Å². The Bertz CT molecular complexity index is 1640. The van der Waals surface area contributed by atoms with E-state index in [1.54, 1.807) is 0 Å². The second-order valence-electron chi connectivity index (χ2n) is 20.7. The molecular formula is C47H77N7O5. The first-order valence-corrected chi connectivity index (χ1v) is 23.4. The monoisotopic (exact) mass is 820 g/mol. The number of likely N-dealkylation sites (N-methyl/N-ethyl adjacent to an activating group) is 1. The highest BCUT2D eigenvalue weighted by molar-refractivity contribution is 5.96. The molecule has 4 saturated carbocycles. The molecule has 4 aliphatic carbocycles. The van der Waals surface area contributed by atoms with E-state index in [9.17, 15) is 4.79 Å². The van der Waals surface area contributed by atoms with Crippen molar-refractivity contribution in [1.82, 2.24) is 36.2 Å². The van der Waals surface area contributed by atoms with Crippen LogP contribution in [0.3, 0.4) is 0 Å². The number of carbonyl (C=O) groups is 4. The standard InChI is InChI=1S/C47H77N7O5/c1-10-33-29-47(33,32(5)51-53(12-3)13-4)50-39(56)35-30-46(42(6,7)45(46)22-18-23-45)31-54(35)41(58)37(43(8)20-15-14-16-21-43)49-40(57)36(44(9)24-27-59-28-25-44)48-38(55)34-19-17-26-52(34)11-2/h10,33-37,51H,1,5,11-31H2,2-4,6-9H3,(H,48,55)(H,49,57)(H,50,56)/t33-,34+,35+,36-,37-,46-,47+/m1/s1. The van der Waals surface area contributed by atoms with Gasteiger partial charge in [0.25, 0.3) is 0 Å². The van der Waals surface area contributed by atoms with Crippen LogP contribution in [-0.4, -0.2) is 114 Å². The Balaban J connectivity index is 1.21. The van der Waals surface area contributed by atoms with Crippen molar-refractivity contribution in [2.45, 2.75) is 168 Å². The molecule has 0 unspecified atom stereocenters. The van der Waals surface area contributed by atoms with E-state index in [1.165, 1.54) is 6.42 Å². The van der Waals surface area contributed by atoms with Gasteiger partial charge in [-0.25, -0.2) is 5.01 Å². The zero-order chi connectivity index (χ0) is 42.6. The second kappa shape index (κ2) is 16.4. The van der Waals surface area contributed by atoms with Crippen LogP contribution < -0.4 is 21.4 Å². The van der Waals surface area contributed by atoms with E-state index in [2.05, 4.69) is 92.9 Å². The fourth-order valence-electron chi connectivity index (χ4n) is 13.2. The van der Waals surface area contributed by atoms with Gasteiger partial charge in [0, 0.05) is 55.3 Å². The van der Waals surface area contributed by atoms with E-state index in [0.29, 0.717) is 45.4 Å². The summed E-state index contributed by atoms with van der Waals surface area (Å²) >= 11 is 0. The van der Waals surface area contributed by atoms with Gasteiger partial charge in [0.15, 0.2) is 0 Å². The SMILES string of the molecule is C=C[C@@H]1C[C@]1(NC(=O)[C@@H]1C[C@@]2(CN1C(=O)[C@@H](NC(=O)[C@@H](NC(=O)[C@@H]1CCCN1CC)C1(C)CCOCC1)C1(C)CCCCC1)C(C)(C)C21CCC1)C(=C)NN(CC)CC. The zero-order valence-electron chi connectivity index (χ0n) is 37.6. The Kier molecular flexibility index (Phi) is 12.3. The van der Waals surface area contributed by atoms with Crippen LogP contribution in [0.15, 0.2) is 24.9 Å². The molecular weight excluding hydrogens is 743 g/mol. The summed E-state index contributed by atoms with van der Waals surface area (Å²) in [7, 11) is 0. The summed E-state index contributed by atoms with van der Waals surface area (Å²) in [6.45, 7) is 28.4. The van der Waals surface area contributed by atoms with Crippen molar-refractivity contribution in [3.8, 4) is 0 Å². The highest BCUT2D eigenvalue weighted by Crippen LogP contribution is 2.88. The maximum absolute atomic E-state index is 15.8. The molecule has 12 heteroatoms. The van der Waals surface area contributed by atoms with Gasteiger partial charge in [0.05, 0.1) is 11.6 Å². The summed E-state index contributed by atoms with van der Waals surface area (Å²) in [6, 6.07) is -2.65. The third-order valence-electron chi connectivity index (χ3n) is 17.8. The molecule has 4 N–H and O–H groups in total. The molecule has 7 fully saturated rings. The Morgan fingerprint density at radius 2 is 1.46 bits per heavy atom. The molecule has 12 nitrogen and oxygen atoms in total. The lowest BCUT2D eigenvalue weighted by molar-refractivity contribution is -0.147. The average Bonchev–Trinajstić information content (AvgIpc) is 3.72. The van der Waals surface area contributed by atoms with Crippen molar-refractivity contribution >= 4 is 23.6 Å². The van der Waals surface area contributed by atoms with Gasteiger partial charge >= 0.3 is 0 Å². The predicted octanol–water partition coefficient (Wildman–Crippen LogP) is 5.45. The van der Waals surface area contributed by atoms with Crippen LogP contribution in [0.4, 0.5) is 0 Å². The Morgan fingerprint density at radius 1 is 0.797 bits per heavy atom. The van der Waals surface area contributed by atoms with Gasteiger partial charge in [0.2, 0.25) is 23.6 Å². The molecule has 0 aromatic heterocycles. The van der Waals surface area contributed by atoms with E-state index in [1.807, 2.05) is 11.0 Å². The summed E-state index contributed by atoms with van der Waals surface area (Å²) in [6.07, 6.45) is 14.2. The summed E-state index contributed by atoms with van der Waals surface area (Å²) in [4.78, 5) is 64.0. The topological polar surface area (TPSA) is 135 Å². The third kappa shape index (κ3) is 7.26. The minimum absolute atomic E-state index is 0.0201. The van der Waals surface area contributed by atoms with Crippen molar-refractivity contribution in [2.75, 3.05) is 45.9 Å². The average molecular weight is 820 g/mol. The van der Waals surface area contributed by atoms with Crippen LogP contribution in [0.2, 0.25) is 0 Å². The maximum Gasteiger partial charge on any atom is 0.246 e. The molecule has 4 amide bonds. The Labute approximate surface area is 354 Å². The fourth-order valence-corrected chi connectivity index (χ4v) is 13.2. The summed E-state index contributed by atoms with van der Waals surface area (Å²) in [5.41, 5.74) is 2.34. The van der Waals surface area contributed by atoms with E-state index < -0.39 is 34.5 Å². The maximum atomic E-state index is 15.8. The van der Waals surface area contributed by atoms with Crippen LogP contribution in [0.5, 0.6) is 0 Å². The highest BCUT2D eigenvalue weighted by Gasteiger charge is 2.85. The zero-order valence-corrected chi connectivity index (χ0v) is 37.6. The third-order valence-corrected chi connectivity index (χ3v) is 17.8. The lowest BCUT2D eigenvalue weighted by Gasteiger charge is -2.45. The van der Waals surface area contributed by atoms with Gasteiger partial charge in [-0.2, -0.15) is 0 Å². The fraction of sp³-hybridized carbons (Fsp3) is 0.830. The molecule has 0 aromatic carbocycles. The van der Waals surface area contributed by atoms with Gasteiger partial charge in [-0.05, 0) is 93.5 Å². The van der Waals surface area contributed by atoms with Crippen LogP contribution in [0.1, 0.15) is 138 Å². The number of nitrogens with zero attached hydrogens (tertiary/aromatic N) is 3. The summed E-state index contributed by atoms with van der Waals surface area (Å²) in [5, 5.41) is 12.2. The minimum Gasteiger partial charge on any atom is -0.381 e. The van der Waals surface area contributed by atoms with E-state index in [4.69, 9.17) is 4.74 Å². The summed E-state index contributed by atoms with van der Waals surface area (Å²) < 4.78 is 5.77. The molecule has 59 heavy (non-hydrogen) atoms. The molecule has 3 saturated heterocycles. The Morgan fingerprint density at radius 3 is 2.02 bits per heavy atom. The minimum atomic E-state index is -0.850. The van der Waals surface area contributed by atoms with E-state index >= 15 is 14.4 Å². The molecule has 0 aromatic rings. The van der Waals surface area contributed by atoms with Gasteiger partial charge in [0.1, 0.15) is 18.1 Å². The van der Waals surface area contributed by atoms with Crippen LogP contribution in [0, 0.1) is 33.0 Å². The van der Waals surface area contributed by atoms with Gasteiger partial charge < -0.3 is 31.0 Å². The quantitative estimate of drug-likeness (QED) is 0.120. The smallest absolute Gasteiger partial charge is 0.246 e. The number of fused-ring (bicyclic) bond motifs is 1. The van der Waals surface area contributed by atoms with Crippen molar-refractivity contribution in [2.24, 2.45) is 33.0 Å². The predicted molar refractivity (Wildman–Crippen MR) is 230 cm³/mol. The number of hydrogen-bond acceptors (Lipinski definition) is 8. The number of ether oxygens (including phenoxy) is 1. The number of rotatable bonds is 16. The lowest BCUT2D eigenvalue weighted by Crippen LogP contribution is -2.65. The first-order valence-electron chi connectivity index (χ1n) is 23.4. The van der Waals surface area contributed by atoms with Crippen LogP contribution >= 0.6 is 0 Å². The first kappa shape index (κ1) is 44.1. The van der Waals surface area contributed by atoms with Gasteiger partial charge in [-0.3, -0.25) is 24.1 Å². The van der Waals surface area contributed by atoms with Crippen LogP contribution in [0.25, 0.3) is 0 Å². The number of carbonyl (C=O) groups excluding carboxylic acids is 4. The van der Waals surface area contributed by atoms with Crippen molar-refractivity contribution in [3.63, 3.8) is 0 Å². The molecule has 7 aliphatic rings. The second-order valence-corrected chi connectivity index (χ2v) is 20.7. The van der Waals surface area contributed by atoms with Crippen molar-refractivity contribution < 1.29 is 23.9 Å². The number of likely N-dealkylation sites (tertiary alicyclic amines) is 2. The number of nitrogens with one attached hydrogen (secondary N) is 4. The highest BCUT2D eigenvalue weighted by atomic mass is 16.5.